The summed E-state index contributed by atoms with van der Waals surface area (Å²) in [7, 11) is -3.25. The highest BCUT2D eigenvalue weighted by Crippen LogP contribution is 2.21. The van der Waals surface area contributed by atoms with Gasteiger partial charge >= 0.3 is 0 Å². The third-order valence-electron chi connectivity index (χ3n) is 3.53. The summed E-state index contributed by atoms with van der Waals surface area (Å²) in [6.45, 7) is 2.71. The Morgan fingerprint density at radius 1 is 1.50 bits per heavy atom. The predicted octanol–water partition coefficient (Wildman–Crippen LogP) is 1.13. The van der Waals surface area contributed by atoms with Gasteiger partial charge in [0.05, 0.1) is 12.5 Å². The fourth-order valence-electron chi connectivity index (χ4n) is 2.45. The minimum Gasteiger partial charge on any atom is -0.459 e. The van der Waals surface area contributed by atoms with E-state index in [4.69, 9.17) is 4.42 Å². The average Bonchev–Trinajstić information content (AvgIpc) is 2.81. The maximum absolute atomic E-state index is 12.5. The van der Waals surface area contributed by atoms with E-state index in [0.717, 1.165) is 31.1 Å². The van der Waals surface area contributed by atoms with Crippen LogP contribution in [0.15, 0.2) is 16.7 Å². The molecule has 112 valence electrons. The van der Waals surface area contributed by atoms with E-state index in [1.807, 2.05) is 6.92 Å². The summed E-state index contributed by atoms with van der Waals surface area (Å²) in [6, 6.07) is 1.64. The maximum atomic E-state index is 12.5. The summed E-state index contributed by atoms with van der Waals surface area (Å²) < 4.78 is 30.1. The number of aryl methyl sites for hydroxylation is 1. The Labute approximate surface area is 119 Å². The number of hydrogen-bond donors (Lipinski definition) is 1. The first-order valence-electron chi connectivity index (χ1n) is 6.68. The molecule has 6 nitrogen and oxygen atoms in total. The summed E-state index contributed by atoms with van der Waals surface area (Å²) in [5.41, 5.74) is 0.801. The van der Waals surface area contributed by atoms with E-state index in [2.05, 4.69) is 4.72 Å². The van der Waals surface area contributed by atoms with E-state index in [-0.39, 0.29) is 18.5 Å². The van der Waals surface area contributed by atoms with Gasteiger partial charge in [0.2, 0.25) is 10.0 Å². The van der Waals surface area contributed by atoms with Gasteiger partial charge < -0.3 is 9.32 Å². The van der Waals surface area contributed by atoms with Gasteiger partial charge in [-0.05, 0) is 32.3 Å². The number of likely N-dealkylation sites (tertiary alicyclic amines) is 1. The van der Waals surface area contributed by atoms with Crippen molar-refractivity contribution in [3.05, 3.63) is 23.7 Å². The molecule has 0 unspecified atom stereocenters. The van der Waals surface area contributed by atoms with Crippen molar-refractivity contribution in [2.24, 2.45) is 0 Å². The number of amides is 1. The molecule has 0 saturated carbocycles. The molecule has 0 bridgehead atoms. The number of furan rings is 1. The van der Waals surface area contributed by atoms with Crippen molar-refractivity contribution in [3.63, 3.8) is 0 Å². The second-order valence-corrected chi connectivity index (χ2v) is 7.03. The minimum atomic E-state index is -3.25. The lowest BCUT2D eigenvalue weighted by atomic mass is 10.0. The van der Waals surface area contributed by atoms with Gasteiger partial charge in [-0.15, -0.1) is 0 Å². The summed E-state index contributed by atoms with van der Waals surface area (Å²) in [5.74, 6) is 0.184. The van der Waals surface area contributed by atoms with Gasteiger partial charge in [0.1, 0.15) is 0 Å². The zero-order valence-electron chi connectivity index (χ0n) is 11.8. The number of nitrogens with one attached hydrogen (secondary N) is 1. The molecule has 1 aliphatic rings. The quantitative estimate of drug-likeness (QED) is 0.904. The standard InChI is InChI=1S/C13H20N2O4S/c1-10-6-8-19-12(10)13(16)15-7-4-3-5-11(15)9-14-20(2,17)18/h6,8,11,14H,3-5,7,9H2,1-2H3/t11-/m1/s1. The van der Waals surface area contributed by atoms with Gasteiger partial charge in [-0.2, -0.15) is 0 Å². The van der Waals surface area contributed by atoms with Crippen LogP contribution in [-0.4, -0.2) is 44.6 Å². The van der Waals surface area contributed by atoms with Crippen molar-refractivity contribution in [1.82, 2.24) is 9.62 Å². The molecule has 1 N–H and O–H groups in total. The molecule has 1 saturated heterocycles. The van der Waals surface area contributed by atoms with Crippen LogP contribution in [0.5, 0.6) is 0 Å². The molecule has 1 aromatic rings. The van der Waals surface area contributed by atoms with Crippen LogP contribution in [-0.2, 0) is 10.0 Å². The van der Waals surface area contributed by atoms with E-state index in [0.29, 0.717) is 12.3 Å². The Bertz CT molecular complexity index is 579. The number of nitrogens with zero attached hydrogens (tertiary/aromatic N) is 1. The number of carbonyl (C=O) groups is 1. The molecule has 7 heteroatoms. The topological polar surface area (TPSA) is 79.6 Å². The van der Waals surface area contributed by atoms with Crippen LogP contribution >= 0.6 is 0 Å². The van der Waals surface area contributed by atoms with E-state index in [1.165, 1.54) is 6.26 Å². The van der Waals surface area contributed by atoms with Crippen molar-refractivity contribution < 1.29 is 17.6 Å². The maximum Gasteiger partial charge on any atom is 0.290 e. The molecule has 2 rings (SSSR count). The molecule has 0 radical (unpaired) electrons. The predicted molar refractivity (Wildman–Crippen MR) is 75.0 cm³/mol. The summed E-state index contributed by atoms with van der Waals surface area (Å²) in [4.78, 5) is 14.2. The van der Waals surface area contributed by atoms with E-state index < -0.39 is 10.0 Å². The van der Waals surface area contributed by atoms with Crippen LogP contribution in [0.1, 0.15) is 35.4 Å². The lowest BCUT2D eigenvalue weighted by molar-refractivity contribution is 0.0585. The Hall–Kier alpha value is -1.34. The molecule has 0 aliphatic carbocycles. The van der Waals surface area contributed by atoms with Crippen molar-refractivity contribution in [2.45, 2.75) is 32.2 Å². The molecule has 20 heavy (non-hydrogen) atoms. The van der Waals surface area contributed by atoms with Crippen LogP contribution in [0.3, 0.4) is 0 Å². The van der Waals surface area contributed by atoms with Gasteiger partial charge in [-0.1, -0.05) is 0 Å². The largest absolute Gasteiger partial charge is 0.459 e. The van der Waals surface area contributed by atoms with Crippen molar-refractivity contribution in [3.8, 4) is 0 Å². The molecule has 0 aromatic carbocycles. The lowest BCUT2D eigenvalue weighted by Crippen LogP contribution is -2.49. The van der Waals surface area contributed by atoms with Gasteiger partial charge in [0.15, 0.2) is 5.76 Å². The van der Waals surface area contributed by atoms with E-state index >= 15 is 0 Å². The van der Waals surface area contributed by atoms with Crippen LogP contribution in [0.2, 0.25) is 0 Å². The second-order valence-electron chi connectivity index (χ2n) is 5.20. The zero-order valence-corrected chi connectivity index (χ0v) is 12.6. The molecule has 1 atom stereocenters. The van der Waals surface area contributed by atoms with Crippen molar-refractivity contribution in [1.29, 1.82) is 0 Å². The lowest BCUT2D eigenvalue weighted by Gasteiger charge is -2.35. The van der Waals surface area contributed by atoms with Crippen molar-refractivity contribution in [2.75, 3.05) is 19.3 Å². The Morgan fingerprint density at radius 3 is 2.85 bits per heavy atom. The number of sulfonamides is 1. The van der Waals surface area contributed by atoms with Crippen LogP contribution < -0.4 is 4.72 Å². The molecular weight excluding hydrogens is 280 g/mol. The highest BCUT2D eigenvalue weighted by atomic mass is 32.2. The second kappa shape index (κ2) is 5.97. The first-order valence-corrected chi connectivity index (χ1v) is 8.57. The number of piperidine rings is 1. The summed E-state index contributed by atoms with van der Waals surface area (Å²) >= 11 is 0. The Balaban J connectivity index is 2.11. The van der Waals surface area contributed by atoms with Gasteiger partial charge in [0.25, 0.3) is 5.91 Å². The van der Waals surface area contributed by atoms with E-state index in [9.17, 15) is 13.2 Å². The first-order chi connectivity index (χ1) is 9.38. The fourth-order valence-corrected chi connectivity index (χ4v) is 2.95. The number of carbonyl (C=O) groups excluding carboxylic acids is 1. The van der Waals surface area contributed by atoms with Crippen molar-refractivity contribution >= 4 is 15.9 Å². The highest BCUT2D eigenvalue weighted by Gasteiger charge is 2.30. The third-order valence-corrected chi connectivity index (χ3v) is 4.22. The fraction of sp³-hybridized carbons (Fsp3) is 0.615. The molecule has 1 aliphatic heterocycles. The smallest absolute Gasteiger partial charge is 0.290 e. The Morgan fingerprint density at radius 2 is 2.25 bits per heavy atom. The minimum absolute atomic E-state index is 0.115. The molecule has 1 amide bonds. The highest BCUT2D eigenvalue weighted by molar-refractivity contribution is 7.88. The van der Waals surface area contributed by atoms with E-state index in [1.54, 1.807) is 11.0 Å². The number of rotatable bonds is 4. The van der Waals surface area contributed by atoms with Gasteiger partial charge in [-0.3, -0.25) is 4.79 Å². The normalized spacial score (nSPS) is 20.1. The third kappa shape index (κ3) is 3.61. The Kier molecular flexibility index (Phi) is 4.49. The monoisotopic (exact) mass is 300 g/mol. The SMILES string of the molecule is Cc1ccoc1C(=O)N1CCCC[C@@H]1CNS(C)(=O)=O. The van der Waals surface area contributed by atoms with Crippen LogP contribution in [0.25, 0.3) is 0 Å². The van der Waals surface area contributed by atoms with Gasteiger partial charge in [0, 0.05) is 24.7 Å². The van der Waals surface area contributed by atoms with Crippen LogP contribution in [0, 0.1) is 6.92 Å². The molecule has 1 aromatic heterocycles. The summed E-state index contributed by atoms with van der Waals surface area (Å²) in [6.07, 6.45) is 5.35. The zero-order chi connectivity index (χ0) is 14.8. The molecular formula is C13H20N2O4S. The first kappa shape index (κ1) is 15.1. The number of hydrogen-bond acceptors (Lipinski definition) is 4. The summed E-state index contributed by atoms with van der Waals surface area (Å²) in [5, 5.41) is 0. The van der Waals surface area contributed by atoms with Crippen LogP contribution in [0.4, 0.5) is 0 Å². The molecule has 2 heterocycles. The molecule has 0 spiro atoms. The van der Waals surface area contributed by atoms with Gasteiger partial charge in [-0.25, -0.2) is 13.1 Å². The average molecular weight is 300 g/mol. The molecule has 1 fully saturated rings.